The number of nitrogens with zero attached hydrogens (tertiary/aromatic N) is 1. The largest absolute Gasteiger partial charge is 0.508 e. The van der Waals surface area contributed by atoms with Crippen LogP contribution in [0.15, 0.2) is 47.5 Å². The van der Waals surface area contributed by atoms with Gasteiger partial charge in [0.15, 0.2) is 11.8 Å². The molecule has 1 aromatic heterocycles. The third kappa shape index (κ3) is 7.22. The minimum Gasteiger partial charge on any atom is -0.508 e. The highest BCUT2D eigenvalue weighted by molar-refractivity contribution is 5.94. The van der Waals surface area contributed by atoms with Crippen LogP contribution in [0.1, 0.15) is 23.7 Å². The van der Waals surface area contributed by atoms with E-state index in [4.69, 9.17) is 0 Å². The number of rotatable bonds is 11. The van der Waals surface area contributed by atoms with Crippen LogP contribution in [-0.4, -0.2) is 86.7 Å². The number of carbonyl (C=O) groups is 2. The molecule has 1 amide bonds. The van der Waals surface area contributed by atoms with Crippen molar-refractivity contribution in [2.75, 3.05) is 31.5 Å². The Morgan fingerprint density at radius 2 is 1.93 bits per heavy atom. The number of carbonyl (C=O) groups excluding carboxylic acids is 1. The van der Waals surface area contributed by atoms with Crippen molar-refractivity contribution in [2.24, 2.45) is 4.99 Å². The van der Waals surface area contributed by atoms with Crippen molar-refractivity contribution >= 4 is 34.4 Å². The topological polar surface area (TPSA) is 224 Å². The highest BCUT2D eigenvalue weighted by Gasteiger charge is 2.26. The zero-order valence-corrected chi connectivity index (χ0v) is 21.1. The van der Waals surface area contributed by atoms with Crippen LogP contribution in [0.4, 0.5) is 10.1 Å². The Hall–Kier alpha value is -4.28. The fraction of sp³-hybridized carbons (Fsp3) is 0.320. The summed E-state index contributed by atoms with van der Waals surface area (Å²) in [6, 6.07) is 9.14. The second-order valence-corrected chi connectivity index (χ2v) is 9.11. The molecule has 214 valence electrons. The number of aliphatic carboxylic acids is 1. The van der Waals surface area contributed by atoms with Gasteiger partial charge in [-0.1, -0.05) is 12.1 Å². The minimum absolute atomic E-state index is 0.165. The van der Waals surface area contributed by atoms with Crippen molar-refractivity contribution in [3.8, 4) is 5.75 Å². The van der Waals surface area contributed by atoms with E-state index in [1.807, 2.05) is 0 Å². The van der Waals surface area contributed by atoms with Gasteiger partial charge in [0, 0.05) is 41.3 Å². The number of guanidine groups is 1. The molecule has 2 heterocycles. The summed E-state index contributed by atoms with van der Waals surface area (Å²) < 4.78 is 14.6. The molecule has 0 spiro atoms. The number of carboxylic acids is 1. The molecule has 0 fully saturated rings. The number of aliphatic hydroxyl groups excluding tert-OH is 3. The number of phenolic OH excluding ortho intramolecular Hbond substituents is 1. The number of benzene rings is 2. The molecule has 0 saturated heterocycles. The van der Waals surface area contributed by atoms with E-state index in [1.54, 1.807) is 18.2 Å². The molecular weight excluding hydrogens is 529 g/mol. The van der Waals surface area contributed by atoms with Crippen molar-refractivity contribution < 1.29 is 39.5 Å². The summed E-state index contributed by atoms with van der Waals surface area (Å²) in [5.74, 6) is -2.58. The molecule has 3 aromatic rings. The smallest absolute Gasteiger partial charge is 0.322 e. The monoisotopic (exact) mass is 559 g/mol. The van der Waals surface area contributed by atoms with E-state index in [1.165, 1.54) is 24.3 Å². The Kier molecular flexibility index (Phi) is 9.13. The molecule has 11 N–H and O–H groups in total. The van der Waals surface area contributed by atoms with E-state index >= 15 is 0 Å². The molecule has 3 unspecified atom stereocenters. The van der Waals surface area contributed by atoms with Crippen LogP contribution in [0.5, 0.6) is 5.75 Å². The molecule has 0 bridgehead atoms. The highest BCUT2D eigenvalue weighted by atomic mass is 19.1. The Labute approximate surface area is 226 Å². The van der Waals surface area contributed by atoms with Gasteiger partial charge in [0.2, 0.25) is 5.91 Å². The fourth-order valence-electron chi connectivity index (χ4n) is 4.01. The van der Waals surface area contributed by atoms with Gasteiger partial charge in [-0.3, -0.25) is 25.2 Å². The van der Waals surface area contributed by atoms with Crippen LogP contribution >= 0.6 is 0 Å². The van der Waals surface area contributed by atoms with E-state index < -0.39 is 55.4 Å². The van der Waals surface area contributed by atoms with Crippen LogP contribution in [-0.2, 0) is 9.59 Å². The number of aromatic amines is 1. The van der Waals surface area contributed by atoms with Crippen molar-refractivity contribution in [3.05, 3.63) is 59.5 Å². The number of hydrogen-bond acceptors (Lipinski definition) is 11. The van der Waals surface area contributed by atoms with Gasteiger partial charge in [-0.05, 0) is 24.3 Å². The van der Waals surface area contributed by atoms with E-state index in [9.17, 15) is 39.5 Å². The number of aliphatic imine (C=N–C) groups is 1. The summed E-state index contributed by atoms with van der Waals surface area (Å²) in [4.78, 5) is 30.8. The molecule has 1 aliphatic rings. The van der Waals surface area contributed by atoms with Gasteiger partial charge in [-0.15, -0.1) is 0 Å². The minimum atomic E-state index is -1.70. The summed E-state index contributed by atoms with van der Waals surface area (Å²) in [7, 11) is 0. The summed E-state index contributed by atoms with van der Waals surface area (Å²) in [5.41, 5.74) is 0.797. The molecular formula is C25H30FN7O7. The first-order valence-electron chi connectivity index (χ1n) is 12.3. The van der Waals surface area contributed by atoms with Crippen LogP contribution in [0.25, 0.3) is 10.9 Å². The van der Waals surface area contributed by atoms with E-state index in [0.717, 1.165) is 0 Å². The number of hydrogen-bond donors (Lipinski definition) is 11. The normalized spacial score (nSPS) is 17.4. The van der Waals surface area contributed by atoms with Crippen LogP contribution in [0.2, 0.25) is 0 Å². The number of H-pyrrole nitrogens is 1. The Balaban J connectivity index is 1.29. The maximum absolute atomic E-state index is 14.6. The van der Waals surface area contributed by atoms with Crippen LogP contribution in [0.3, 0.4) is 0 Å². The van der Waals surface area contributed by atoms with Gasteiger partial charge >= 0.3 is 5.97 Å². The lowest BCUT2D eigenvalue weighted by atomic mass is 10.1. The predicted octanol–water partition coefficient (Wildman–Crippen LogP) is -0.825. The number of nitrogens with one attached hydrogen (secondary N) is 6. The summed E-state index contributed by atoms with van der Waals surface area (Å²) in [5, 5.41) is 63.2. The molecule has 4 atom stereocenters. The van der Waals surface area contributed by atoms with Gasteiger partial charge in [-0.2, -0.15) is 0 Å². The standard InChI is InChI=1S/C25H30FN7O7/c26-20-16-3-1-2-4-17(16)32-21(20)23(38)33-18(24(39)40)10-27-19(36)11-28-22(37)12-5-13(7-14(34)6-12)31-25-29-8-15(35)9-30-25/h1-7,15,18,22-23,28,32-35,37-38H,8-11H2,(H,27,36)(H,39,40)(H2,29,30,31)/t18-,22?,23?/m0/s1. The number of phenols is 1. The molecule has 40 heavy (non-hydrogen) atoms. The first kappa shape index (κ1) is 28.7. The molecule has 15 heteroatoms. The predicted molar refractivity (Wildman–Crippen MR) is 142 cm³/mol. The van der Waals surface area contributed by atoms with Crippen molar-refractivity contribution in [2.45, 2.75) is 24.6 Å². The van der Waals surface area contributed by atoms with Crippen molar-refractivity contribution in [1.29, 1.82) is 0 Å². The number of amides is 1. The maximum atomic E-state index is 14.6. The maximum Gasteiger partial charge on any atom is 0.322 e. The lowest BCUT2D eigenvalue weighted by molar-refractivity contribution is -0.140. The number of halogens is 1. The zero-order chi connectivity index (χ0) is 28.8. The van der Waals surface area contributed by atoms with E-state index in [0.29, 0.717) is 23.7 Å². The Bertz CT molecular complexity index is 1400. The number of anilines is 1. The number of aromatic nitrogens is 1. The molecule has 1 aliphatic heterocycles. The van der Waals surface area contributed by atoms with Crippen molar-refractivity contribution in [1.82, 2.24) is 26.3 Å². The Morgan fingerprint density at radius 1 is 1.15 bits per heavy atom. The highest BCUT2D eigenvalue weighted by Crippen LogP contribution is 2.25. The molecule has 14 nitrogen and oxygen atoms in total. The lowest BCUT2D eigenvalue weighted by Gasteiger charge is -2.21. The quantitative estimate of drug-likeness (QED) is 0.130. The van der Waals surface area contributed by atoms with E-state index in [-0.39, 0.29) is 28.9 Å². The summed E-state index contributed by atoms with van der Waals surface area (Å²) in [6.07, 6.45) is -3.67. The third-order valence-electron chi connectivity index (χ3n) is 6.04. The molecule has 0 radical (unpaired) electrons. The average molecular weight is 560 g/mol. The fourth-order valence-corrected chi connectivity index (χ4v) is 4.01. The van der Waals surface area contributed by atoms with E-state index in [2.05, 4.69) is 36.6 Å². The van der Waals surface area contributed by atoms with Crippen LogP contribution < -0.4 is 26.6 Å². The average Bonchev–Trinajstić information content (AvgIpc) is 3.27. The number of aliphatic hydroxyl groups is 3. The summed E-state index contributed by atoms with van der Waals surface area (Å²) in [6.45, 7) is -0.364. The second-order valence-electron chi connectivity index (χ2n) is 9.11. The van der Waals surface area contributed by atoms with Gasteiger partial charge in [-0.25, -0.2) is 4.39 Å². The van der Waals surface area contributed by atoms with Gasteiger partial charge in [0.25, 0.3) is 0 Å². The number of carboxylic acid groups (broad SMARTS) is 1. The van der Waals surface area contributed by atoms with Gasteiger partial charge in [0.05, 0.1) is 24.9 Å². The third-order valence-corrected chi connectivity index (χ3v) is 6.04. The molecule has 0 saturated carbocycles. The number of aromatic hydroxyl groups is 1. The van der Waals surface area contributed by atoms with Gasteiger partial charge in [0.1, 0.15) is 24.2 Å². The number of fused-ring (bicyclic) bond motifs is 1. The first-order valence-corrected chi connectivity index (χ1v) is 12.3. The Morgan fingerprint density at radius 3 is 2.62 bits per heavy atom. The van der Waals surface area contributed by atoms with Crippen LogP contribution in [0, 0.1) is 5.82 Å². The van der Waals surface area contributed by atoms with Gasteiger partial charge < -0.3 is 46.5 Å². The second kappa shape index (κ2) is 12.7. The first-order chi connectivity index (χ1) is 19.1. The molecule has 4 rings (SSSR count). The molecule has 2 aromatic carbocycles. The lowest BCUT2D eigenvalue weighted by Crippen LogP contribution is -2.49. The number of para-hydroxylation sites is 1. The number of β-amino-alcohol motifs (C(OH)–C–C–N with tert-alkyl or cyclic N) is 1. The van der Waals surface area contributed by atoms with Crippen molar-refractivity contribution in [3.63, 3.8) is 0 Å². The zero-order valence-electron chi connectivity index (χ0n) is 21.1. The molecule has 0 aliphatic carbocycles. The SMILES string of the molecule is O=C(CNC(O)c1cc(O)cc(NC2=NCC(O)CN2)c1)NC[C@H](NC(O)c1[nH]c2ccccc2c1F)C(=O)O. The summed E-state index contributed by atoms with van der Waals surface area (Å²) >= 11 is 0.